The molecule has 1 aromatic carbocycles. The third-order valence-corrected chi connectivity index (χ3v) is 2.47. The first-order valence-corrected chi connectivity index (χ1v) is 5.31. The highest BCUT2D eigenvalue weighted by atomic mass is 16.5. The number of carbonyl (C=O) groups is 1. The van der Waals surface area contributed by atoms with Gasteiger partial charge in [0, 0.05) is 7.05 Å². The van der Waals surface area contributed by atoms with E-state index in [1.54, 1.807) is 14.0 Å². The summed E-state index contributed by atoms with van der Waals surface area (Å²) in [5, 5.41) is 0. The van der Waals surface area contributed by atoms with Gasteiger partial charge in [-0.05, 0) is 38.0 Å². The van der Waals surface area contributed by atoms with E-state index < -0.39 is 0 Å². The van der Waals surface area contributed by atoms with Crippen LogP contribution in [0.25, 0.3) is 0 Å². The molecular weight excluding hydrogens is 202 g/mol. The molecule has 0 spiro atoms. The van der Waals surface area contributed by atoms with E-state index >= 15 is 0 Å². The SMILES string of the molecule is COc1c(C)cc(C)cc1N(C)CC(C)=O. The van der Waals surface area contributed by atoms with Gasteiger partial charge in [0.2, 0.25) is 0 Å². The van der Waals surface area contributed by atoms with Crippen molar-refractivity contribution < 1.29 is 9.53 Å². The molecule has 0 aliphatic rings. The van der Waals surface area contributed by atoms with Crippen LogP contribution >= 0.6 is 0 Å². The number of hydrogen-bond donors (Lipinski definition) is 0. The Balaban J connectivity index is 3.15. The van der Waals surface area contributed by atoms with Crippen molar-refractivity contribution in [1.82, 2.24) is 0 Å². The smallest absolute Gasteiger partial charge is 0.149 e. The van der Waals surface area contributed by atoms with E-state index in [0.29, 0.717) is 6.54 Å². The van der Waals surface area contributed by atoms with Gasteiger partial charge in [-0.2, -0.15) is 0 Å². The Morgan fingerprint density at radius 1 is 1.38 bits per heavy atom. The number of likely N-dealkylation sites (N-methyl/N-ethyl adjacent to an activating group) is 1. The molecule has 0 unspecified atom stereocenters. The molecule has 0 atom stereocenters. The van der Waals surface area contributed by atoms with Gasteiger partial charge in [-0.15, -0.1) is 0 Å². The first kappa shape index (κ1) is 12.6. The van der Waals surface area contributed by atoms with Gasteiger partial charge >= 0.3 is 0 Å². The number of ketones is 1. The lowest BCUT2D eigenvalue weighted by atomic mass is 10.1. The summed E-state index contributed by atoms with van der Waals surface area (Å²) in [5.74, 6) is 0.984. The highest BCUT2D eigenvalue weighted by molar-refractivity contribution is 5.81. The highest BCUT2D eigenvalue weighted by Crippen LogP contribution is 2.32. The van der Waals surface area contributed by atoms with Crippen LogP contribution in [0.2, 0.25) is 0 Å². The van der Waals surface area contributed by atoms with Gasteiger partial charge in [0.1, 0.15) is 11.5 Å². The van der Waals surface area contributed by atoms with Gasteiger partial charge in [-0.25, -0.2) is 0 Å². The predicted octanol–water partition coefficient (Wildman–Crippen LogP) is 2.34. The molecule has 0 radical (unpaired) electrons. The molecule has 1 rings (SSSR count). The van der Waals surface area contributed by atoms with Crippen LogP contribution in [-0.4, -0.2) is 26.5 Å². The summed E-state index contributed by atoms with van der Waals surface area (Å²) in [4.78, 5) is 13.0. The van der Waals surface area contributed by atoms with Crippen LogP contribution in [0, 0.1) is 13.8 Å². The lowest BCUT2D eigenvalue weighted by Gasteiger charge is -2.22. The molecule has 0 aliphatic heterocycles. The fourth-order valence-electron chi connectivity index (χ4n) is 1.90. The van der Waals surface area contributed by atoms with Gasteiger partial charge in [-0.1, -0.05) is 6.07 Å². The van der Waals surface area contributed by atoms with Crippen molar-refractivity contribution in [2.75, 3.05) is 25.6 Å². The molecule has 3 heteroatoms. The summed E-state index contributed by atoms with van der Waals surface area (Å²) in [6, 6.07) is 4.11. The molecule has 0 amide bonds. The fourth-order valence-corrected chi connectivity index (χ4v) is 1.90. The summed E-state index contributed by atoms with van der Waals surface area (Å²) in [6.45, 7) is 6.04. The topological polar surface area (TPSA) is 29.5 Å². The summed E-state index contributed by atoms with van der Waals surface area (Å²) < 4.78 is 5.38. The van der Waals surface area contributed by atoms with Crippen molar-refractivity contribution in [3.8, 4) is 5.75 Å². The second kappa shape index (κ2) is 5.01. The van der Waals surface area contributed by atoms with E-state index in [1.807, 2.05) is 31.9 Å². The van der Waals surface area contributed by atoms with E-state index in [9.17, 15) is 4.79 Å². The van der Waals surface area contributed by atoms with Crippen LogP contribution in [0.4, 0.5) is 5.69 Å². The quantitative estimate of drug-likeness (QED) is 0.781. The van der Waals surface area contributed by atoms with Crippen LogP contribution in [0.1, 0.15) is 18.1 Å². The van der Waals surface area contributed by atoms with Crippen molar-refractivity contribution in [3.05, 3.63) is 23.3 Å². The molecule has 0 saturated heterocycles. The minimum atomic E-state index is 0.142. The number of anilines is 1. The lowest BCUT2D eigenvalue weighted by Crippen LogP contribution is -2.24. The largest absolute Gasteiger partial charge is 0.494 e. The van der Waals surface area contributed by atoms with Crippen LogP contribution in [0.15, 0.2) is 12.1 Å². The minimum Gasteiger partial charge on any atom is -0.494 e. The van der Waals surface area contributed by atoms with Gasteiger partial charge in [0.05, 0.1) is 19.3 Å². The number of methoxy groups -OCH3 is 1. The van der Waals surface area contributed by atoms with Gasteiger partial charge in [0.25, 0.3) is 0 Å². The van der Waals surface area contributed by atoms with E-state index in [4.69, 9.17) is 4.74 Å². The first-order chi connectivity index (χ1) is 7.45. The normalized spacial score (nSPS) is 10.1. The molecule has 0 bridgehead atoms. The Morgan fingerprint density at radius 3 is 2.50 bits per heavy atom. The van der Waals surface area contributed by atoms with Crippen LogP contribution < -0.4 is 9.64 Å². The average Bonchev–Trinajstić information content (AvgIpc) is 2.15. The Morgan fingerprint density at radius 2 is 2.00 bits per heavy atom. The maximum absolute atomic E-state index is 11.1. The van der Waals surface area contributed by atoms with Gasteiger partial charge in [-0.3, -0.25) is 4.79 Å². The van der Waals surface area contributed by atoms with Crippen LogP contribution in [0.3, 0.4) is 0 Å². The van der Waals surface area contributed by atoms with Crippen molar-refractivity contribution in [3.63, 3.8) is 0 Å². The van der Waals surface area contributed by atoms with E-state index in [1.165, 1.54) is 5.56 Å². The average molecular weight is 221 g/mol. The standard InChI is InChI=1S/C13H19NO2/c1-9-6-10(2)13(16-5)12(7-9)14(4)8-11(3)15/h6-7H,8H2,1-5H3. The molecule has 0 N–H and O–H groups in total. The van der Waals surface area contributed by atoms with Crippen molar-refractivity contribution in [2.45, 2.75) is 20.8 Å². The molecule has 0 heterocycles. The second-order valence-corrected chi connectivity index (χ2v) is 4.19. The molecule has 0 fully saturated rings. The van der Waals surface area contributed by atoms with Crippen molar-refractivity contribution in [1.29, 1.82) is 0 Å². The lowest BCUT2D eigenvalue weighted by molar-refractivity contribution is -0.115. The summed E-state index contributed by atoms with van der Waals surface area (Å²) in [5.41, 5.74) is 3.23. The zero-order valence-corrected chi connectivity index (χ0v) is 10.6. The van der Waals surface area contributed by atoms with Gasteiger partial charge in [0.15, 0.2) is 0 Å². The Labute approximate surface area is 97.0 Å². The monoisotopic (exact) mass is 221 g/mol. The van der Waals surface area contributed by atoms with Gasteiger partial charge < -0.3 is 9.64 Å². The number of Topliss-reactive ketones (excluding diaryl/α,β-unsaturated/α-hetero) is 1. The number of benzene rings is 1. The fraction of sp³-hybridized carbons (Fsp3) is 0.462. The Bertz CT molecular complexity index is 399. The number of rotatable bonds is 4. The molecule has 16 heavy (non-hydrogen) atoms. The van der Waals surface area contributed by atoms with Crippen LogP contribution in [-0.2, 0) is 4.79 Å². The molecule has 0 aliphatic carbocycles. The van der Waals surface area contributed by atoms with Crippen LogP contribution in [0.5, 0.6) is 5.75 Å². The minimum absolute atomic E-state index is 0.142. The van der Waals surface area contributed by atoms with E-state index in [-0.39, 0.29) is 5.78 Å². The third-order valence-electron chi connectivity index (χ3n) is 2.47. The molecule has 0 aromatic heterocycles. The second-order valence-electron chi connectivity index (χ2n) is 4.19. The Hall–Kier alpha value is -1.51. The summed E-state index contributed by atoms with van der Waals surface area (Å²) in [7, 11) is 3.56. The summed E-state index contributed by atoms with van der Waals surface area (Å²) in [6.07, 6.45) is 0. The van der Waals surface area contributed by atoms with E-state index in [0.717, 1.165) is 17.0 Å². The molecule has 3 nitrogen and oxygen atoms in total. The maximum Gasteiger partial charge on any atom is 0.149 e. The van der Waals surface area contributed by atoms with E-state index in [2.05, 4.69) is 6.07 Å². The molecule has 0 saturated carbocycles. The van der Waals surface area contributed by atoms with Crippen molar-refractivity contribution in [2.24, 2.45) is 0 Å². The molecular formula is C13H19NO2. The predicted molar refractivity (Wildman–Crippen MR) is 66.4 cm³/mol. The Kier molecular flexibility index (Phi) is 3.93. The molecule has 88 valence electrons. The number of carbonyl (C=O) groups excluding carboxylic acids is 1. The number of aryl methyl sites for hydroxylation is 2. The first-order valence-electron chi connectivity index (χ1n) is 5.31. The maximum atomic E-state index is 11.1. The number of hydrogen-bond acceptors (Lipinski definition) is 3. The third kappa shape index (κ3) is 2.75. The number of ether oxygens (including phenoxy) is 1. The molecule has 1 aromatic rings. The van der Waals surface area contributed by atoms with Crippen molar-refractivity contribution >= 4 is 11.5 Å². The zero-order chi connectivity index (χ0) is 12.3. The summed E-state index contributed by atoms with van der Waals surface area (Å²) >= 11 is 0. The highest BCUT2D eigenvalue weighted by Gasteiger charge is 2.12. The number of nitrogens with zero attached hydrogens (tertiary/aromatic N) is 1. The zero-order valence-electron chi connectivity index (χ0n) is 10.6.